The molecule has 16 heavy (non-hydrogen) atoms. The Labute approximate surface area is 104 Å². The first-order valence-electron chi connectivity index (χ1n) is 7.37. The third-order valence-corrected chi connectivity index (χ3v) is 3.43. The summed E-state index contributed by atoms with van der Waals surface area (Å²) in [7, 11) is 0. The predicted molar refractivity (Wildman–Crippen MR) is 75.8 cm³/mol. The summed E-state index contributed by atoms with van der Waals surface area (Å²) in [6, 6.07) is 0. The van der Waals surface area contributed by atoms with Gasteiger partial charge in [0.1, 0.15) is 0 Å². The van der Waals surface area contributed by atoms with Gasteiger partial charge in [-0.3, -0.25) is 0 Å². The predicted octanol–water partition coefficient (Wildman–Crippen LogP) is 6.12. The van der Waals surface area contributed by atoms with Gasteiger partial charge in [0.2, 0.25) is 0 Å². The van der Waals surface area contributed by atoms with E-state index in [0.29, 0.717) is 0 Å². The number of hydrogen-bond acceptors (Lipinski definition) is 0. The van der Waals surface area contributed by atoms with Gasteiger partial charge in [-0.2, -0.15) is 0 Å². The molecule has 0 aliphatic carbocycles. The smallest absolute Gasteiger partial charge is 0.0320 e. The lowest BCUT2D eigenvalue weighted by Crippen LogP contribution is -1.95. The molecule has 0 saturated heterocycles. The van der Waals surface area contributed by atoms with Crippen molar-refractivity contribution in [2.24, 2.45) is 5.92 Å². The molecule has 0 aromatic heterocycles. The van der Waals surface area contributed by atoms with E-state index in [0.717, 1.165) is 5.92 Å². The standard InChI is InChI=1S/C16H32/c1-5-7-9-10-12-16(4)14-13-15(3)11-8-6-2/h15H,4-14H2,1-3H3. The fourth-order valence-electron chi connectivity index (χ4n) is 2.07. The topological polar surface area (TPSA) is 0 Å². The molecule has 0 aliphatic rings. The van der Waals surface area contributed by atoms with Gasteiger partial charge in [-0.15, -0.1) is 0 Å². The van der Waals surface area contributed by atoms with Crippen molar-refractivity contribution < 1.29 is 0 Å². The highest BCUT2D eigenvalue weighted by molar-refractivity contribution is 4.93. The van der Waals surface area contributed by atoms with E-state index in [9.17, 15) is 0 Å². The Kier molecular flexibility index (Phi) is 11.0. The molecule has 0 aromatic carbocycles. The highest BCUT2D eigenvalue weighted by Crippen LogP contribution is 2.19. The van der Waals surface area contributed by atoms with E-state index in [1.807, 2.05) is 0 Å². The molecule has 0 rings (SSSR count). The maximum atomic E-state index is 4.20. The molecule has 0 aromatic rings. The molecule has 0 heterocycles. The SMILES string of the molecule is C=C(CCCCCC)CCC(C)CCCC. The number of allylic oxidation sites excluding steroid dienone is 1. The van der Waals surface area contributed by atoms with Crippen LogP contribution in [0.1, 0.15) is 85.0 Å². The molecular formula is C16H32. The maximum Gasteiger partial charge on any atom is -0.0320 e. The lowest BCUT2D eigenvalue weighted by atomic mass is 9.95. The Morgan fingerprint density at radius 1 is 0.875 bits per heavy atom. The molecule has 0 nitrogen and oxygen atoms in total. The Morgan fingerprint density at radius 3 is 2.19 bits per heavy atom. The average molecular weight is 224 g/mol. The summed E-state index contributed by atoms with van der Waals surface area (Å²) in [6.45, 7) is 11.1. The van der Waals surface area contributed by atoms with Crippen molar-refractivity contribution in [3.8, 4) is 0 Å². The quantitative estimate of drug-likeness (QED) is 0.293. The van der Waals surface area contributed by atoms with Crippen LogP contribution >= 0.6 is 0 Å². The van der Waals surface area contributed by atoms with Crippen LogP contribution in [-0.2, 0) is 0 Å². The van der Waals surface area contributed by atoms with E-state index < -0.39 is 0 Å². The van der Waals surface area contributed by atoms with Crippen molar-refractivity contribution in [1.29, 1.82) is 0 Å². The normalized spacial score (nSPS) is 12.7. The summed E-state index contributed by atoms with van der Waals surface area (Å²) < 4.78 is 0. The van der Waals surface area contributed by atoms with Crippen LogP contribution in [0.3, 0.4) is 0 Å². The van der Waals surface area contributed by atoms with Gasteiger partial charge in [0.15, 0.2) is 0 Å². The number of hydrogen-bond donors (Lipinski definition) is 0. The van der Waals surface area contributed by atoms with Crippen molar-refractivity contribution in [1.82, 2.24) is 0 Å². The molecule has 0 N–H and O–H groups in total. The first kappa shape index (κ1) is 15.7. The Bertz CT molecular complexity index is 157. The largest absolute Gasteiger partial charge is 0.0999 e. The van der Waals surface area contributed by atoms with E-state index in [4.69, 9.17) is 0 Å². The first-order valence-corrected chi connectivity index (χ1v) is 7.37. The summed E-state index contributed by atoms with van der Waals surface area (Å²) in [5, 5.41) is 0. The zero-order valence-electron chi connectivity index (χ0n) is 11.9. The van der Waals surface area contributed by atoms with E-state index in [2.05, 4.69) is 27.4 Å². The summed E-state index contributed by atoms with van der Waals surface area (Å²) in [6.07, 6.45) is 13.5. The molecule has 0 aliphatic heterocycles. The fourth-order valence-corrected chi connectivity index (χ4v) is 2.07. The minimum Gasteiger partial charge on any atom is -0.0999 e. The van der Waals surface area contributed by atoms with Crippen LogP contribution in [0.5, 0.6) is 0 Å². The molecule has 0 radical (unpaired) electrons. The Hall–Kier alpha value is -0.260. The summed E-state index contributed by atoms with van der Waals surface area (Å²) in [4.78, 5) is 0. The van der Waals surface area contributed by atoms with E-state index >= 15 is 0 Å². The second-order valence-electron chi connectivity index (χ2n) is 5.35. The third kappa shape index (κ3) is 10.3. The van der Waals surface area contributed by atoms with Crippen molar-refractivity contribution in [2.75, 3.05) is 0 Å². The summed E-state index contributed by atoms with van der Waals surface area (Å²) in [5.41, 5.74) is 1.49. The molecule has 0 fully saturated rings. The fraction of sp³-hybridized carbons (Fsp3) is 0.875. The average Bonchev–Trinajstić information content (AvgIpc) is 2.29. The van der Waals surface area contributed by atoms with Crippen molar-refractivity contribution >= 4 is 0 Å². The van der Waals surface area contributed by atoms with Crippen molar-refractivity contribution in [2.45, 2.75) is 85.0 Å². The lowest BCUT2D eigenvalue weighted by molar-refractivity contribution is 0.467. The molecule has 1 atom stereocenters. The van der Waals surface area contributed by atoms with Crippen LogP contribution in [-0.4, -0.2) is 0 Å². The van der Waals surface area contributed by atoms with E-state index in [-0.39, 0.29) is 0 Å². The highest BCUT2D eigenvalue weighted by atomic mass is 14.1. The minimum atomic E-state index is 0.896. The number of unbranched alkanes of at least 4 members (excludes halogenated alkanes) is 4. The van der Waals surface area contributed by atoms with Crippen molar-refractivity contribution in [3.63, 3.8) is 0 Å². The van der Waals surface area contributed by atoms with Crippen LogP contribution in [0.25, 0.3) is 0 Å². The van der Waals surface area contributed by atoms with E-state index in [1.54, 1.807) is 0 Å². The first-order chi connectivity index (χ1) is 7.70. The van der Waals surface area contributed by atoms with Gasteiger partial charge in [0.25, 0.3) is 0 Å². The zero-order chi connectivity index (χ0) is 12.2. The van der Waals surface area contributed by atoms with Crippen LogP contribution < -0.4 is 0 Å². The molecule has 96 valence electrons. The van der Waals surface area contributed by atoms with Gasteiger partial charge in [-0.05, 0) is 31.6 Å². The molecule has 0 heteroatoms. The molecular weight excluding hydrogens is 192 g/mol. The Morgan fingerprint density at radius 2 is 1.56 bits per heavy atom. The molecule has 0 saturated carbocycles. The van der Waals surface area contributed by atoms with Gasteiger partial charge in [0, 0.05) is 0 Å². The van der Waals surface area contributed by atoms with Gasteiger partial charge in [-0.1, -0.05) is 71.4 Å². The number of rotatable bonds is 11. The lowest BCUT2D eigenvalue weighted by Gasteiger charge is -2.11. The summed E-state index contributed by atoms with van der Waals surface area (Å²) in [5.74, 6) is 0.896. The monoisotopic (exact) mass is 224 g/mol. The Balaban J connectivity index is 3.35. The van der Waals surface area contributed by atoms with Gasteiger partial charge in [0.05, 0.1) is 0 Å². The van der Waals surface area contributed by atoms with Crippen LogP contribution in [0, 0.1) is 5.92 Å². The zero-order valence-corrected chi connectivity index (χ0v) is 11.9. The molecule has 1 unspecified atom stereocenters. The van der Waals surface area contributed by atoms with E-state index in [1.165, 1.54) is 69.8 Å². The highest BCUT2D eigenvalue weighted by Gasteiger charge is 2.02. The van der Waals surface area contributed by atoms with Crippen molar-refractivity contribution in [3.05, 3.63) is 12.2 Å². The molecule has 0 spiro atoms. The van der Waals surface area contributed by atoms with Crippen LogP contribution in [0.4, 0.5) is 0 Å². The molecule has 0 amide bonds. The third-order valence-electron chi connectivity index (χ3n) is 3.43. The van der Waals surface area contributed by atoms with Gasteiger partial charge < -0.3 is 0 Å². The van der Waals surface area contributed by atoms with Crippen LogP contribution in [0.15, 0.2) is 12.2 Å². The minimum absolute atomic E-state index is 0.896. The van der Waals surface area contributed by atoms with Gasteiger partial charge in [-0.25, -0.2) is 0 Å². The summed E-state index contributed by atoms with van der Waals surface area (Å²) >= 11 is 0. The van der Waals surface area contributed by atoms with Gasteiger partial charge >= 0.3 is 0 Å². The second kappa shape index (κ2) is 11.2. The molecule has 0 bridgehead atoms. The maximum absolute atomic E-state index is 4.20. The van der Waals surface area contributed by atoms with Crippen LogP contribution in [0.2, 0.25) is 0 Å². The second-order valence-corrected chi connectivity index (χ2v) is 5.35.